The molecule has 0 heterocycles. The van der Waals surface area contributed by atoms with Crippen LogP contribution in [-0.4, -0.2) is 19.1 Å². The molecule has 2 aromatic rings. The summed E-state index contributed by atoms with van der Waals surface area (Å²) in [5.41, 5.74) is 2.18. The SMILES string of the molecule is COc1ccc(C=CC(=O)N[C@@H](C)Cc2ccccc2)cc1. The third-order valence-electron chi connectivity index (χ3n) is 3.32. The van der Waals surface area contributed by atoms with Gasteiger partial charge >= 0.3 is 0 Å². The van der Waals surface area contributed by atoms with Crippen molar-refractivity contribution in [2.75, 3.05) is 7.11 Å². The molecule has 114 valence electrons. The fourth-order valence-electron chi connectivity index (χ4n) is 2.20. The highest BCUT2D eigenvalue weighted by molar-refractivity contribution is 5.91. The van der Waals surface area contributed by atoms with Crippen molar-refractivity contribution in [2.45, 2.75) is 19.4 Å². The van der Waals surface area contributed by atoms with Crippen LogP contribution in [0.25, 0.3) is 6.08 Å². The van der Waals surface area contributed by atoms with Crippen molar-refractivity contribution in [3.63, 3.8) is 0 Å². The normalized spacial score (nSPS) is 12.1. The molecule has 22 heavy (non-hydrogen) atoms. The van der Waals surface area contributed by atoms with Gasteiger partial charge in [-0.1, -0.05) is 42.5 Å². The van der Waals surface area contributed by atoms with E-state index < -0.39 is 0 Å². The van der Waals surface area contributed by atoms with Gasteiger partial charge in [-0.3, -0.25) is 4.79 Å². The molecule has 0 fully saturated rings. The lowest BCUT2D eigenvalue weighted by Gasteiger charge is -2.12. The average molecular weight is 295 g/mol. The minimum atomic E-state index is -0.0840. The second-order valence-electron chi connectivity index (χ2n) is 5.21. The number of benzene rings is 2. The third kappa shape index (κ3) is 5.09. The summed E-state index contributed by atoms with van der Waals surface area (Å²) in [6, 6.07) is 17.8. The van der Waals surface area contributed by atoms with E-state index in [0.717, 1.165) is 17.7 Å². The minimum absolute atomic E-state index is 0.0840. The van der Waals surface area contributed by atoms with E-state index in [1.165, 1.54) is 5.56 Å². The summed E-state index contributed by atoms with van der Waals surface area (Å²) in [5, 5.41) is 2.97. The quantitative estimate of drug-likeness (QED) is 0.829. The maximum absolute atomic E-state index is 11.9. The van der Waals surface area contributed by atoms with Crippen LogP contribution in [0, 0.1) is 0 Å². The zero-order valence-electron chi connectivity index (χ0n) is 13.0. The minimum Gasteiger partial charge on any atom is -0.497 e. The van der Waals surface area contributed by atoms with Crippen molar-refractivity contribution >= 4 is 12.0 Å². The van der Waals surface area contributed by atoms with Crippen LogP contribution in [0.15, 0.2) is 60.7 Å². The molecule has 3 nitrogen and oxygen atoms in total. The Morgan fingerprint density at radius 1 is 1.14 bits per heavy atom. The molecule has 0 aliphatic heterocycles. The van der Waals surface area contributed by atoms with Crippen LogP contribution in [-0.2, 0) is 11.2 Å². The van der Waals surface area contributed by atoms with Crippen molar-refractivity contribution in [2.24, 2.45) is 0 Å². The maximum atomic E-state index is 11.9. The van der Waals surface area contributed by atoms with E-state index in [1.54, 1.807) is 19.3 Å². The molecule has 2 rings (SSSR count). The van der Waals surface area contributed by atoms with Gasteiger partial charge in [0.2, 0.25) is 5.91 Å². The first kappa shape index (κ1) is 15.8. The Hall–Kier alpha value is -2.55. The summed E-state index contributed by atoms with van der Waals surface area (Å²) in [6.07, 6.45) is 4.18. The Balaban J connectivity index is 1.84. The predicted molar refractivity (Wildman–Crippen MR) is 89.8 cm³/mol. The molecule has 1 amide bonds. The highest BCUT2D eigenvalue weighted by atomic mass is 16.5. The zero-order chi connectivity index (χ0) is 15.8. The molecule has 1 N–H and O–H groups in total. The smallest absolute Gasteiger partial charge is 0.244 e. The molecule has 0 spiro atoms. The molecule has 0 aromatic heterocycles. The van der Waals surface area contributed by atoms with Crippen molar-refractivity contribution in [3.8, 4) is 5.75 Å². The van der Waals surface area contributed by atoms with E-state index >= 15 is 0 Å². The Kier molecular flexibility index (Phi) is 5.78. The summed E-state index contributed by atoms with van der Waals surface area (Å²) in [5.74, 6) is 0.720. The van der Waals surface area contributed by atoms with Crippen LogP contribution in [0.2, 0.25) is 0 Å². The highest BCUT2D eigenvalue weighted by Crippen LogP contribution is 2.12. The Labute approximate surface area is 131 Å². The number of hydrogen-bond donors (Lipinski definition) is 1. The molecule has 0 saturated carbocycles. The number of methoxy groups -OCH3 is 1. The average Bonchev–Trinajstić information content (AvgIpc) is 2.54. The Morgan fingerprint density at radius 3 is 2.45 bits per heavy atom. The van der Waals surface area contributed by atoms with Gasteiger partial charge in [0.15, 0.2) is 0 Å². The molecular weight excluding hydrogens is 274 g/mol. The number of amides is 1. The lowest BCUT2D eigenvalue weighted by molar-refractivity contribution is -0.117. The zero-order valence-corrected chi connectivity index (χ0v) is 13.0. The van der Waals surface area contributed by atoms with Crippen molar-refractivity contribution < 1.29 is 9.53 Å². The largest absolute Gasteiger partial charge is 0.497 e. The van der Waals surface area contributed by atoms with Crippen LogP contribution in [0.4, 0.5) is 0 Å². The van der Waals surface area contributed by atoms with E-state index in [0.29, 0.717) is 0 Å². The number of carbonyl (C=O) groups is 1. The molecule has 0 unspecified atom stereocenters. The van der Waals surface area contributed by atoms with Gasteiger partial charge in [-0.05, 0) is 42.7 Å². The van der Waals surface area contributed by atoms with E-state index in [1.807, 2.05) is 49.4 Å². The van der Waals surface area contributed by atoms with Crippen molar-refractivity contribution in [3.05, 3.63) is 71.8 Å². The van der Waals surface area contributed by atoms with Gasteiger partial charge in [0.25, 0.3) is 0 Å². The van der Waals surface area contributed by atoms with Gasteiger partial charge in [-0.15, -0.1) is 0 Å². The van der Waals surface area contributed by atoms with E-state index in [2.05, 4.69) is 17.4 Å². The maximum Gasteiger partial charge on any atom is 0.244 e. The van der Waals surface area contributed by atoms with Gasteiger partial charge < -0.3 is 10.1 Å². The van der Waals surface area contributed by atoms with Crippen molar-refractivity contribution in [1.29, 1.82) is 0 Å². The van der Waals surface area contributed by atoms with Gasteiger partial charge in [-0.2, -0.15) is 0 Å². The van der Waals surface area contributed by atoms with Crippen LogP contribution in [0.1, 0.15) is 18.1 Å². The van der Waals surface area contributed by atoms with E-state index in [4.69, 9.17) is 4.74 Å². The van der Waals surface area contributed by atoms with Crippen LogP contribution in [0.3, 0.4) is 0 Å². The number of hydrogen-bond acceptors (Lipinski definition) is 2. The fraction of sp³-hybridized carbons (Fsp3) is 0.211. The number of nitrogens with one attached hydrogen (secondary N) is 1. The molecule has 2 aromatic carbocycles. The standard InChI is InChI=1S/C19H21NO2/c1-15(14-17-6-4-3-5-7-17)20-19(21)13-10-16-8-11-18(22-2)12-9-16/h3-13,15H,14H2,1-2H3,(H,20,21)/t15-/m0/s1. The molecule has 0 radical (unpaired) electrons. The van der Waals surface area contributed by atoms with E-state index in [9.17, 15) is 4.79 Å². The first-order valence-corrected chi connectivity index (χ1v) is 7.34. The van der Waals surface area contributed by atoms with Crippen LogP contribution < -0.4 is 10.1 Å². The summed E-state index contributed by atoms with van der Waals surface area (Å²) in [4.78, 5) is 11.9. The highest BCUT2D eigenvalue weighted by Gasteiger charge is 2.05. The van der Waals surface area contributed by atoms with Crippen LogP contribution in [0.5, 0.6) is 5.75 Å². The number of ether oxygens (including phenoxy) is 1. The van der Waals surface area contributed by atoms with Gasteiger partial charge in [-0.25, -0.2) is 0 Å². The van der Waals surface area contributed by atoms with E-state index in [-0.39, 0.29) is 11.9 Å². The summed E-state index contributed by atoms with van der Waals surface area (Å²) >= 11 is 0. The predicted octanol–water partition coefficient (Wildman–Crippen LogP) is 3.46. The van der Waals surface area contributed by atoms with Crippen molar-refractivity contribution in [1.82, 2.24) is 5.32 Å². The third-order valence-corrected chi connectivity index (χ3v) is 3.32. The number of rotatable bonds is 6. The monoisotopic (exact) mass is 295 g/mol. The second kappa shape index (κ2) is 8.03. The topological polar surface area (TPSA) is 38.3 Å². The molecule has 3 heteroatoms. The Morgan fingerprint density at radius 2 is 1.82 bits per heavy atom. The molecule has 1 atom stereocenters. The first-order chi connectivity index (χ1) is 10.7. The second-order valence-corrected chi connectivity index (χ2v) is 5.21. The molecule has 0 aliphatic carbocycles. The first-order valence-electron chi connectivity index (χ1n) is 7.34. The lowest BCUT2D eigenvalue weighted by Crippen LogP contribution is -2.32. The van der Waals surface area contributed by atoms with Gasteiger partial charge in [0.1, 0.15) is 5.75 Å². The molecule has 0 saturated heterocycles. The summed E-state index contributed by atoms with van der Waals surface area (Å²) < 4.78 is 5.10. The molecule has 0 bridgehead atoms. The van der Waals surface area contributed by atoms with Gasteiger partial charge in [0.05, 0.1) is 7.11 Å². The van der Waals surface area contributed by atoms with Gasteiger partial charge in [0, 0.05) is 12.1 Å². The molecular formula is C19H21NO2. The Bertz CT molecular complexity index is 618. The molecule has 0 aliphatic rings. The van der Waals surface area contributed by atoms with Crippen LogP contribution >= 0.6 is 0 Å². The summed E-state index contributed by atoms with van der Waals surface area (Å²) in [7, 11) is 1.63. The number of carbonyl (C=O) groups excluding carboxylic acids is 1. The lowest BCUT2D eigenvalue weighted by atomic mass is 10.1. The summed E-state index contributed by atoms with van der Waals surface area (Å²) in [6.45, 7) is 2.01. The fourth-order valence-corrected chi connectivity index (χ4v) is 2.20.